The van der Waals surface area contributed by atoms with Crippen molar-refractivity contribution in [3.63, 3.8) is 0 Å². The SMILES string of the molecule is CCC/C=C/C(O)C(CO)NC(=O)CCCCCCCCCCCCCCCC/C=C\C/C=C\C/C=C\CCCCCCC. The molecule has 256 valence electrons. The molecule has 0 aliphatic heterocycles. The first-order chi connectivity index (χ1) is 21.7. The van der Waals surface area contributed by atoms with Crippen LogP contribution in [0.1, 0.15) is 181 Å². The van der Waals surface area contributed by atoms with E-state index in [-0.39, 0.29) is 12.5 Å². The molecule has 0 bridgehead atoms. The number of carbonyl (C=O) groups is 1. The van der Waals surface area contributed by atoms with Crippen LogP contribution >= 0.6 is 0 Å². The lowest BCUT2D eigenvalue weighted by Crippen LogP contribution is -2.45. The van der Waals surface area contributed by atoms with Gasteiger partial charge in [-0.15, -0.1) is 0 Å². The fraction of sp³-hybridized carbons (Fsp3) is 0.775. The van der Waals surface area contributed by atoms with Crippen LogP contribution in [0.3, 0.4) is 0 Å². The Hall–Kier alpha value is -1.65. The van der Waals surface area contributed by atoms with Crippen molar-refractivity contribution in [3.05, 3.63) is 48.6 Å². The lowest BCUT2D eigenvalue weighted by atomic mass is 10.0. The van der Waals surface area contributed by atoms with Gasteiger partial charge in [-0.25, -0.2) is 0 Å². The number of rotatable bonds is 33. The summed E-state index contributed by atoms with van der Waals surface area (Å²) in [6.07, 6.45) is 48.5. The summed E-state index contributed by atoms with van der Waals surface area (Å²) in [6.45, 7) is 4.09. The molecule has 4 heteroatoms. The van der Waals surface area contributed by atoms with E-state index in [4.69, 9.17) is 0 Å². The molecule has 0 aliphatic carbocycles. The quantitative estimate of drug-likeness (QED) is 0.0508. The lowest BCUT2D eigenvalue weighted by Gasteiger charge is -2.19. The third kappa shape index (κ3) is 31.8. The number of aliphatic hydroxyl groups is 2. The van der Waals surface area contributed by atoms with Gasteiger partial charge in [0.15, 0.2) is 0 Å². The average molecular weight is 616 g/mol. The van der Waals surface area contributed by atoms with E-state index < -0.39 is 12.1 Å². The summed E-state index contributed by atoms with van der Waals surface area (Å²) in [5.41, 5.74) is 0. The number of nitrogens with one attached hydrogen (secondary N) is 1. The van der Waals surface area contributed by atoms with Gasteiger partial charge in [-0.3, -0.25) is 4.79 Å². The summed E-state index contributed by atoms with van der Waals surface area (Å²) in [5, 5.41) is 22.3. The highest BCUT2D eigenvalue weighted by atomic mass is 16.3. The smallest absolute Gasteiger partial charge is 0.220 e. The molecule has 0 aromatic rings. The Kier molecular flexibility index (Phi) is 34.5. The molecule has 0 rings (SSSR count). The van der Waals surface area contributed by atoms with Crippen LogP contribution in [0, 0.1) is 0 Å². The number of amides is 1. The lowest BCUT2D eigenvalue weighted by molar-refractivity contribution is -0.123. The van der Waals surface area contributed by atoms with Gasteiger partial charge in [0.05, 0.1) is 18.8 Å². The Morgan fingerprint density at radius 1 is 0.545 bits per heavy atom. The molecule has 2 atom stereocenters. The van der Waals surface area contributed by atoms with Crippen molar-refractivity contribution in [1.82, 2.24) is 5.32 Å². The number of aliphatic hydroxyl groups excluding tert-OH is 2. The highest BCUT2D eigenvalue weighted by molar-refractivity contribution is 5.76. The first-order valence-corrected chi connectivity index (χ1v) is 18.9. The van der Waals surface area contributed by atoms with Gasteiger partial charge in [-0.2, -0.15) is 0 Å². The summed E-state index contributed by atoms with van der Waals surface area (Å²) < 4.78 is 0. The Labute approximate surface area is 274 Å². The Morgan fingerprint density at radius 3 is 1.43 bits per heavy atom. The van der Waals surface area contributed by atoms with Crippen molar-refractivity contribution in [3.8, 4) is 0 Å². The van der Waals surface area contributed by atoms with Gasteiger partial charge in [-0.1, -0.05) is 172 Å². The summed E-state index contributed by atoms with van der Waals surface area (Å²) in [5.74, 6) is -0.0790. The topological polar surface area (TPSA) is 69.6 Å². The molecule has 3 N–H and O–H groups in total. The van der Waals surface area contributed by atoms with Gasteiger partial charge in [-0.05, 0) is 51.4 Å². The minimum absolute atomic E-state index is 0.0790. The van der Waals surface area contributed by atoms with Gasteiger partial charge in [0.25, 0.3) is 0 Å². The normalized spacial score (nSPS) is 13.6. The molecule has 0 aromatic heterocycles. The molecule has 1 amide bonds. The average Bonchev–Trinajstić information content (AvgIpc) is 3.02. The monoisotopic (exact) mass is 616 g/mol. The molecule has 0 aliphatic rings. The maximum atomic E-state index is 12.1. The molecule has 0 saturated heterocycles. The predicted molar refractivity (Wildman–Crippen MR) is 193 cm³/mol. The molecule has 2 unspecified atom stereocenters. The fourth-order valence-electron chi connectivity index (χ4n) is 5.37. The molecule has 4 nitrogen and oxygen atoms in total. The first-order valence-electron chi connectivity index (χ1n) is 18.9. The van der Waals surface area contributed by atoms with E-state index in [9.17, 15) is 15.0 Å². The van der Waals surface area contributed by atoms with Crippen LogP contribution in [-0.2, 0) is 4.79 Å². The third-order valence-corrected chi connectivity index (χ3v) is 8.29. The van der Waals surface area contributed by atoms with Crippen molar-refractivity contribution in [2.24, 2.45) is 0 Å². The fourth-order valence-corrected chi connectivity index (χ4v) is 5.37. The second kappa shape index (κ2) is 35.8. The largest absolute Gasteiger partial charge is 0.394 e. The van der Waals surface area contributed by atoms with E-state index in [1.807, 2.05) is 6.08 Å². The maximum Gasteiger partial charge on any atom is 0.220 e. The Morgan fingerprint density at radius 2 is 0.977 bits per heavy atom. The number of unbranched alkanes of at least 4 members (excludes halogenated alkanes) is 20. The van der Waals surface area contributed by atoms with Crippen LogP contribution in [0.15, 0.2) is 48.6 Å². The van der Waals surface area contributed by atoms with Gasteiger partial charge in [0, 0.05) is 6.42 Å². The number of carbonyl (C=O) groups excluding carboxylic acids is 1. The van der Waals surface area contributed by atoms with Crippen molar-refractivity contribution in [2.45, 2.75) is 193 Å². The molecular formula is C40H73NO3. The highest BCUT2D eigenvalue weighted by Crippen LogP contribution is 2.14. The van der Waals surface area contributed by atoms with Crippen LogP contribution < -0.4 is 5.32 Å². The molecule has 44 heavy (non-hydrogen) atoms. The number of hydrogen-bond donors (Lipinski definition) is 3. The van der Waals surface area contributed by atoms with E-state index >= 15 is 0 Å². The van der Waals surface area contributed by atoms with Crippen molar-refractivity contribution >= 4 is 5.91 Å². The van der Waals surface area contributed by atoms with Gasteiger partial charge in [0.1, 0.15) is 0 Å². The molecule has 0 saturated carbocycles. The Bertz CT molecular complexity index is 711. The van der Waals surface area contributed by atoms with Gasteiger partial charge < -0.3 is 15.5 Å². The van der Waals surface area contributed by atoms with Crippen LogP contribution in [0.5, 0.6) is 0 Å². The van der Waals surface area contributed by atoms with Crippen molar-refractivity contribution < 1.29 is 15.0 Å². The molecule has 0 spiro atoms. The van der Waals surface area contributed by atoms with Crippen LogP contribution in [0.4, 0.5) is 0 Å². The van der Waals surface area contributed by atoms with Crippen LogP contribution in [0.2, 0.25) is 0 Å². The molecule has 0 fully saturated rings. The zero-order valence-electron chi connectivity index (χ0n) is 29.2. The van der Waals surface area contributed by atoms with Crippen LogP contribution in [0.25, 0.3) is 0 Å². The van der Waals surface area contributed by atoms with E-state index in [0.717, 1.165) is 38.5 Å². The zero-order valence-corrected chi connectivity index (χ0v) is 29.2. The second-order valence-electron chi connectivity index (χ2n) is 12.6. The van der Waals surface area contributed by atoms with Crippen molar-refractivity contribution in [2.75, 3.05) is 6.61 Å². The summed E-state index contributed by atoms with van der Waals surface area (Å²) in [6, 6.07) is -0.617. The minimum atomic E-state index is -0.835. The summed E-state index contributed by atoms with van der Waals surface area (Å²) in [4.78, 5) is 12.1. The van der Waals surface area contributed by atoms with Crippen molar-refractivity contribution in [1.29, 1.82) is 0 Å². The van der Waals surface area contributed by atoms with Gasteiger partial charge in [0.2, 0.25) is 5.91 Å². The van der Waals surface area contributed by atoms with E-state index in [1.54, 1.807) is 6.08 Å². The number of hydrogen-bond acceptors (Lipinski definition) is 3. The maximum absolute atomic E-state index is 12.1. The molecule has 0 heterocycles. The summed E-state index contributed by atoms with van der Waals surface area (Å²) in [7, 11) is 0. The highest BCUT2D eigenvalue weighted by Gasteiger charge is 2.17. The minimum Gasteiger partial charge on any atom is -0.394 e. The second-order valence-corrected chi connectivity index (χ2v) is 12.6. The number of allylic oxidation sites excluding steroid dienone is 7. The standard InChI is InChI=1S/C40H73NO3/c1-3-5-7-8-9-10-11-12-13-14-15-16-17-18-19-20-21-22-23-24-25-26-27-28-29-30-31-32-34-36-40(44)41-38(37-42)39(43)35-33-6-4-2/h11-12,14-15,17-18,33,35,38-39,42-43H,3-10,13,16,19-32,34,36-37H2,1-2H3,(H,41,44)/b12-11-,15-14-,18-17-,35-33+. The summed E-state index contributed by atoms with van der Waals surface area (Å²) >= 11 is 0. The van der Waals surface area contributed by atoms with E-state index in [2.05, 4.69) is 55.6 Å². The molecular weight excluding hydrogens is 542 g/mol. The zero-order chi connectivity index (χ0) is 32.2. The van der Waals surface area contributed by atoms with Gasteiger partial charge >= 0.3 is 0 Å². The van der Waals surface area contributed by atoms with Crippen LogP contribution in [-0.4, -0.2) is 34.9 Å². The molecule has 0 aromatic carbocycles. The van der Waals surface area contributed by atoms with E-state index in [0.29, 0.717) is 6.42 Å². The molecule has 0 radical (unpaired) electrons. The Balaban J connectivity index is 3.40. The third-order valence-electron chi connectivity index (χ3n) is 8.29. The predicted octanol–water partition coefficient (Wildman–Crippen LogP) is 11.2. The first kappa shape index (κ1) is 42.3. The van der Waals surface area contributed by atoms with E-state index in [1.165, 1.54) is 122 Å².